The number of aromatic amines is 2. The normalized spacial score (nSPS) is 17.9. The van der Waals surface area contributed by atoms with E-state index in [0.717, 1.165) is 30.7 Å². The van der Waals surface area contributed by atoms with Crippen LogP contribution >= 0.6 is 0 Å². The van der Waals surface area contributed by atoms with E-state index in [1.165, 1.54) is 0 Å². The molecule has 1 aliphatic rings. The monoisotopic (exact) mass is 299 g/mol. The topological polar surface area (TPSA) is 93.9 Å². The fourth-order valence-electron chi connectivity index (χ4n) is 2.81. The highest BCUT2D eigenvalue weighted by atomic mass is 16.1. The van der Waals surface area contributed by atoms with E-state index in [1.54, 1.807) is 19.2 Å². The van der Waals surface area contributed by atoms with E-state index in [2.05, 4.69) is 37.0 Å². The smallest absolute Gasteiger partial charge is 0.323 e. The van der Waals surface area contributed by atoms with Gasteiger partial charge >= 0.3 is 5.69 Å². The van der Waals surface area contributed by atoms with E-state index >= 15 is 0 Å². The van der Waals surface area contributed by atoms with Gasteiger partial charge in [0.2, 0.25) is 0 Å². The fraction of sp³-hybridized carbons (Fsp3) is 0.400. The summed E-state index contributed by atoms with van der Waals surface area (Å²) in [5.41, 5.74) is 1.19. The van der Waals surface area contributed by atoms with Gasteiger partial charge in [-0.2, -0.15) is 0 Å². The molecule has 0 aliphatic carbocycles. The van der Waals surface area contributed by atoms with Crippen LogP contribution in [0.1, 0.15) is 19.8 Å². The molecule has 22 heavy (non-hydrogen) atoms. The van der Waals surface area contributed by atoms with Crippen LogP contribution in [-0.4, -0.2) is 40.0 Å². The molecule has 0 unspecified atom stereocenters. The Kier molecular flexibility index (Phi) is 3.83. The molecular formula is C15H17N5O2. The summed E-state index contributed by atoms with van der Waals surface area (Å²) < 4.78 is 0. The average molecular weight is 299 g/mol. The van der Waals surface area contributed by atoms with Gasteiger partial charge in [-0.3, -0.25) is 4.79 Å². The number of amides is 1. The van der Waals surface area contributed by atoms with Gasteiger partial charge in [-0.15, -0.1) is 0 Å². The number of rotatable bonds is 2. The number of piperidine rings is 1. The molecule has 0 spiro atoms. The van der Waals surface area contributed by atoms with E-state index in [1.807, 2.05) is 0 Å². The van der Waals surface area contributed by atoms with Crippen molar-refractivity contribution in [1.29, 1.82) is 0 Å². The Labute approximate surface area is 127 Å². The van der Waals surface area contributed by atoms with Gasteiger partial charge in [0, 0.05) is 25.3 Å². The standard InChI is InChI=1S/C15H17N5O2/c1-2-4-12(21)17-10-5-3-8-20(9-10)14-13-11(6-7-16-14)18-15(22)19-13/h6-7,10H,3,5,8-9H2,1H3,(H,17,21)(H2,18,19,22)/t10-/m0/s1. The largest absolute Gasteiger partial charge is 0.353 e. The van der Waals surface area contributed by atoms with E-state index in [9.17, 15) is 9.59 Å². The van der Waals surface area contributed by atoms with E-state index < -0.39 is 0 Å². The third kappa shape index (κ3) is 2.81. The maximum absolute atomic E-state index is 11.6. The quantitative estimate of drug-likeness (QED) is 0.698. The van der Waals surface area contributed by atoms with E-state index in [4.69, 9.17) is 0 Å². The van der Waals surface area contributed by atoms with Crippen molar-refractivity contribution in [3.8, 4) is 11.8 Å². The third-order valence-electron chi connectivity index (χ3n) is 3.71. The summed E-state index contributed by atoms with van der Waals surface area (Å²) in [6, 6.07) is 1.79. The molecule has 0 radical (unpaired) electrons. The number of hydrogen-bond donors (Lipinski definition) is 3. The van der Waals surface area contributed by atoms with Crippen LogP contribution in [0, 0.1) is 11.8 Å². The first-order chi connectivity index (χ1) is 10.7. The second kappa shape index (κ2) is 5.93. The molecule has 114 valence electrons. The Morgan fingerprint density at radius 2 is 2.36 bits per heavy atom. The maximum Gasteiger partial charge on any atom is 0.323 e. The van der Waals surface area contributed by atoms with Gasteiger partial charge in [-0.1, -0.05) is 5.92 Å². The Hall–Kier alpha value is -2.75. The van der Waals surface area contributed by atoms with Crippen molar-refractivity contribution in [2.45, 2.75) is 25.8 Å². The summed E-state index contributed by atoms with van der Waals surface area (Å²) in [4.78, 5) is 35.1. The lowest BCUT2D eigenvalue weighted by molar-refractivity contribution is -0.116. The van der Waals surface area contributed by atoms with Crippen LogP contribution in [0.5, 0.6) is 0 Å². The van der Waals surface area contributed by atoms with Crippen molar-refractivity contribution in [2.75, 3.05) is 18.0 Å². The zero-order valence-electron chi connectivity index (χ0n) is 12.3. The highest BCUT2D eigenvalue weighted by Gasteiger charge is 2.23. The summed E-state index contributed by atoms with van der Waals surface area (Å²) in [5.74, 6) is 5.57. The number of hydrogen-bond acceptors (Lipinski definition) is 4. The van der Waals surface area contributed by atoms with Crippen molar-refractivity contribution in [3.05, 3.63) is 22.7 Å². The first kappa shape index (κ1) is 14.2. The number of aromatic nitrogens is 3. The Balaban J connectivity index is 1.82. The molecule has 1 fully saturated rings. The molecular weight excluding hydrogens is 282 g/mol. The van der Waals surface area contributed by atoms with Crippen molar-refractivity contribution < 1.29 is 4.79 Å². The molecule has 7 heteroatoms. The van der Waals surface area contributed by atoms with Gasteiger partial charge in [-0.05, 0) is 31.8 Å². The molecule has 2 aromatic rings. The minimum Gasteiger partial charge on any atom is -0.353 e. The lowest BCUT2D eigenvalue weighted by Crippen LogP contribution is -2.47. The molecule has 3 N–H and O–H groups in total. The van der Waals surface area contributed by atoms with Gasteiger partial charge in [0.15, 0.2) is 5.82 Å². The number of imidazole rings is 1. The van der Waals surface area contributed by atoms with Crippen LogP contribution in [0.3, 0.4) is 0 Å². The Bertz CT molecular complexity index is 810. The lowest BCUT2D eigenvalue weighted by Gasteiger charge is -2.33. The molecule has 1 amide bonds. The Morgan fingerprint density at radius 1 is 1.50 bits per heavy atom. The maximum atomic E-state index is 11.6. The lowest BCUT2D eigenvalue weighted by atomic mass is 10.1. The molecule has 3 rings (SSSR count). The average Bonchev–Trinajstić information content (AvgIpc) is 2.87. The van der Waals surface area contributed by atoms with Crippen LogP contribution in [0.2, 0.25) is 0 Å². The number of nitrogens with zero attached hydrogens (tertiary/aromatic N) is 2. The molecule has 1 atom stereocenters. The van der Waals surface area contributed by atoms with Gasteiger partial charge in [0.25, 0.3) is 5.91 Å². The second-order valence-electron chi connectivity index (χ2n) is 5.27. The summed E-state index contributed by atoms with van der Waals surface area (Å²) >= 11 is 0. The number of nitrogens with one attached hydrogen (secondary N) is 3. The highest BCUT2D eigenvalue weighted by Crippen LogP contribution is 2.23. The fourth-order valence-corrected chi connectivity index (χ4v) is 2.81. The first-order valence-corrected chi connectivity index (χ1v) is 7.22. The van der Waals surface area contributed by atoms with E-state index in [-0.39, 0.29) is 17.6 Å². The molecule has 0 aromatic carbocycles. The number of carbonyl (C=O) groups excluding carboxylic acids is 1. The molecule has 7 nitrogen and oxygen atoms in total. The van der Waals surface area contributed by atoms with Crippen molar-refractivity contribution >= 4 is 22.8 Å². The van der Waals surface area contributed by atoms with Crippen LogP contribution < -0.4 is 15.9 Å². The summed E-state index contributed by atoms with van der Waals surface area (Å²) in [5, 5.41) is 2.91. The summed E-state index contributed by atoms with van der Waals surface area (Å²) in [6.45, 7) is 3.13. The van der Waals surface area contributed by atoms with Gasteiger partial charge in [-0.25, -0.2) is 9.78 Å². The minimum absolute atomic E-state index is 0.0322. The number of anilines is 1. The van der Waals surface area contributed by atoms with Crippen LogP contribution in [0.4, 0.5) is 5.82 Å². The number of carbonyl (C=O) groups is 1. The van der Waals surface area contributed by atoms with Crippen LogP contribution in [-0.2, 0) is 4.79 Å². The van der Waals surface area contributed by atoms with Crippen molar-refractivity contribution in [2.24, 2.45) is 0 Å². The molecule has 0 bridgehead atoms. The summed E-state index contributed by atoms with van der Waals surface area (Å²) in [7, 11) is 0. The van der Waals surface area contributed by atoms with E-state index in [0.29, 0.717) is 12.1 Å². The third-order valence-corrected chi connectivity index (χ3v) is 3.71. The molecule has 1 aliphatic heterocycles. The number of pyridine rings is 1. The van der Waals surface area contributed by atoms with Crippen LogP contribution in [0.15, 0.2) is 17.1 Å². The van der Waals surface area contributed by atoms with Crippen LogP contribution in [0.25, 0.3) is 11.0 Å². The van der Waals surface area contributed by atoms with Gasteiger partial charge in [0.1, 0.15) is 5.52 Å². The molecule has 0 saturated carbocycles. The first-order valence-electron chi connectivity index (χ1n) is 7.22. The predicted molar refractivity (Wildman–Crippen MR) is 83.5 cm³/mol. The van der Waals surface area contributed by atoms with Gasteiger partial charge in [0.05, 0.1) is 5.52 Å². The van der Waals surface area contributed by atoms with Gasteiger partial charge < -0.3 is 20.2 Å². The SMILES string of the molecule is CC#CC(=O)N[C@H]1CCCN(c2nccc3[nH]c(=O)[nH]c23)C1. The zero-order valence-corrected chi connectivity index (χ0v) is 12.3. The minimum atomic E-state index is -0.254. The zero-order chi connectivity index (χ0) is 15.5. The van der Waals surface area contributed by atoms with Crippen molar-refractivity contribution in [1.82, 2.24) is 20.3 Å². The number of fused-ring (bicyclic) bond motifs is 1. The predicted octanol–water partition coefficient (Wildman–Crippen LogP) is 0.360. The number of H-pyrrole nitrogens is 2. The molecule has 1 saturated heterocycles. The highest BCUT2D eigenvalue weighted by molar-refractivity contribution is 5.93. The summed E-state index contributed by atoms with van der Waals surface area (Å²) in [6.07, 6.45) is 3.52. The Morgan fingerprint density at radius 3 is 3.18 bits per heavy atom. The molecule has 2 aromatic heterocycles. The van der Waals surface area contributed by atoms with Crippen molar-refractivity contribution in [3.63, 3.8) is 0 Å². The second-order valence-corrected chi connectivity index (χ2v) is 5.27. The molecule has 3 heterocycles.